The van der Waals surface area contributed by atoms with Gasteiger partial charge in [0, 0.05) is 25.0 Å². The number of carbonyl (C=O) groups excluding carboxylic acids is 3. The van der Waals surface area contributed by atoms with Gasteiger partial charge in [-0.1, -0.05) is 31.4 Å². The zero-order chi connectivity index (χ0) is 28.1. The molecule has 0 aromatic heterocycles. The molecule has 8 heteroatoms. The lowest BCUT2D eigenvalue weighted by molar-refractivity contribution is -0.147. The van der Waals surface area contributed by atoms with Gasteiger partial charge in [-0.3, -0.25) is 9.59 Å². The van der Waals surface area contributed by atoms with Crippen LogP contribution in [0.1, 0.15) is 92.1 Å². The van der Waals surface area contributed by atoms with Gasteiger partial charge in [-0.15, -0.1) is 0 Å². The number of hydrogen-bond donors (Lipinski definition) is 2. The molecule has 2 fully saturated rings. The van der Waals surface area contributed by atoms with Gasteiger partial charge in [-0.25, -0.2) is 9.18 Å². The highest BCUT2D eigenvalue weighted by Crippen LogP contribution is 2.46. The zero-order valence-corrected chi connectivity index (χ0v) is 24.0. The minimum atomic E-state index is -0.860. The zero-order valence-electron chi connectivity index (χ0n) is 24.0. The lowest BCUT2D eigenvalue weighted by atomic mass is 9.63. The Morgan fingerprint density at radius 2 is 1.58 bits per heavy atom. The number of amides is 3. The van der Waals surface area contributed by atoms with Gasteiger partial charge < -0.3 is 20.3 Å². The first-order valence-electron chi connectivity index (χ1n) is 14.0. The summed E-state index contributed by atoms with van der Waals surface area (Å²) in [5.41, 5.74) is -0.795. The topological polar surface area (TPSA) is 87.7 Å². The predicted molar refractivity (Wildman–Crippen MR) is 146 cm³/mol. The number of carbonyl (C=O) groups is 3. The second kappa shape index (κ2) is 12.0. The fourth-order valence-corrected chi connectivity index (χ4v) is 5.79. The van der Waals surface area contributed by atoms with E-state index in [1.165, 1.54) is 18.6 Å². The van der Waals surface area contributed by atoms with Crippen molar-refractivity contribution in [3.05, 3.63) is 35.6 Å². The van der Waals surface area contributed by atoms with Crippen molar-refractivity contribution in [1.29, 1.82) is 0 Å². The molecule has 1 aliphatic carbocycles. The number of likely N-dealkylation sites (tertiary alicyclic amines) is 1. The van der Waals surface area contributed by atoms with Crippen molar-refractivity contribution in [1.82, 2.24) is 15.5 Å². The standard InChI is InChI=1S/C30H46FN3O4/c1-28(2,3)33-26(36)30(22-10-8-7-9-11-22)16-18-34(19-17-30)25(35)24(32-27(37)38-29(4,5)6)20-21-12-14-23(31)15-13-21/h12-15,22,24H,7-11,16-20H2,1-6H3,(H,32,37)(H,33,36). The number of hydrogen-bond acceptors (Lipinski definition) is 4. The average Bonchev–Trinajstić information content (AvgIpc) is 2.83. The normalized spacial score (nSPS) is 19.4. The molecular formula is C30H46FN3O4. The number of rotatable bonds is 6. The van der Waals surface area contributed by atoms with Crippen LogP contribution in [-0.2, 0) is 20.7 Å². The number of ether oxygens (including phenoxy) is 1. The van der Waals surface area contributed by atoms with E-state index in [9.17, 15) is 18.8 Å². The van der Waals surface area contributed by atoms with Crippen LogP contribution in [0.4, 0.5) is 9.18 Å². The molecule has 0 spiro atoms. The summed E-state index contributed by atoms with van der Waals surface area (Å²) < 4.78 is 18.9. The molecule has 1 aromatic carbocycles. The van der Waals surface area contributed by atoms with Crippen LogP contribution < -0.4 is 10.6 Å². The van der Waals surface area contributed by atoms with Crippen molar-refractivity contribution in [2.45, 2.75) is 110 Å². The van der Waals surface area contributed by atoms with Crippen LogP contribution in [0.2, 0.25) is 0 Å². The maximum atomic E-state index is 13.7. The number of benzene rings is 1. The molecule has 7 nitrogen and oxygen atoms in total. The second-order valence-electron chi connectivity index (χ2n) is 13.0. The number of alkyl carbamates (subject to hydrolysis) is 1. The van der Waals surface area contributed by atoms with E-state index in [-0.39, 0.29) is 29.6 Å². The van der Waals surface area contributed by atoms with Crippen molar-refractivity contribution in [3.8, 4) is 0 Å². The smallest absolute Gasteiger partial charge is 0.408 e. The molecule has 1 saturated carbocycles. The Hall–Kier alpha value is -2.64. The SMILES string of the molecule is CC(C)(C)NC(=O)C1(C2CCCCC2)CCN(C(=O)C(Cc2ccc(F)cc2)NC(=O)OC(C)(C)C)CC1. The summed E-state index contributed by atoms with van der Waals surface area (Å²) >= 11 is 0. The fraction of sp³-hybridized carbons (Fsp3) is 0.700. The molecule has 2 aliphatic rings. The van der Waals surface area contributed by atoms with Crippen LogP contribution in [0.15, 0.2) is 24.3 Å². The molecule has 0 bridgehead atoms. The van der Waals surface area contributed by atoms with Crippen molar-refractivity contribution in [3.63, 3.8) is 0 Å². The molecular weight excluding hydrogens is 485 g/mol. The van der Waals surface area contributed by atoms with Gasteiger partial charge >= 0.3 is 6.09 Å². The van der Waals surface area contributed by atoms with Crippen molar-refractivity contribution in [2.24, 2.45) is 11.3 Å². The molecule has 1 aromatic rings. The Bertz CT molecular complexity index is 967. The summed E-state index contributed by atoms with van der Waals surface area (Å²) in [5.74, 6) is -0.168. The van der Waals surface area contributed by atoms with Crippen molar-refractivity contribution < 1.29 is 23.5 Å². The van der Waals surface area contributed by atoms with E-state index in [0.29, 0.717) is 31.8 Å². The number of piperidine rings is 1. The maximum Gasteiger partial charge on any atom is 0.408 e. The summed E-state index contributed by atoms with van der Waals surface area (Å²) in [6.45, 7) is 12.2. The highest BCUT2D eigenvalue weighted by molar-refractivity contribution is 5.87. The largest absolute Gasteiger partial charge is 0.444 e. The minimum absolute atomic E-state index is 0.0961. The monoisotopic (exact) mass is 531 g/mol. The maximum absolute atomic E-state index is 13.7. The molecule has 0 radical (unpaired) electrons. The Morgan fingerprint density at radius 3 is 2.11 bits per heavy atom. The summed E-state index contributed by atoms with van der Waals surface area (Å²) in [4.78, 5) is 41.8. The van der Waals surface area contributed by atoms with E-state index in [1.54, 1.807) is 37.8 Å². The number of halogens is 1. The molecule has 3 amide bonds. The van der Waals surface area contributed by atoms with Gasteiger partial charge in [0.1, 0.15) is 17.5 Å². The molecule has 1 heterocycles. The molecule has 1 saturated heterocycles. The van der Waals surface area contributed by atoms with E-state index in [0.717, 1.165) is 31.2 Å². The quantitative estimate of drug-likeness (QED) is 0.517. The van der Waals surface area contributed by atoms with Gasteiger partial charge in [0.15, 0.2) is 0 Å². The van der Waals surface area contributed by atoms with E-state index >= 15 is 0 Å². The van der Waals surface area contributed by atoms with Crippen molar-refractivity contribution >= 4 is 17.9 Å². The van der Waals surface area contributed by atoms with Crippen LogP contribution in [0.25, 0.3) is 0 Å². The third kappa shape index (κ3) is 8.18. The highest BCUT2D eigenvalue weighted by Gasteiger charge is 2.49. The molecule has 1 atom stereocenters. The average molecular weight is 532 g/mol. The Balaban J connectivity index is 1.77. The predicted octanol–water partition coefficient (Wildman–Crippen LogP) is 5.37. The summed E-state index contributed by atoms with van der Waals surface area (Å²) in [5, 5.41) is 5.98. The third-order valence-corrected chi connectivity index (χ3v) is 7.64. The first kappa shape index (κ1) is 29.9. The van der Waals surface area contributed by atoms with E-state index < -0.39 is 23.2 Å². The van der Waals surface area contributed by atoms with Crippen LogP contribution >= 0.6 is 0 Å². The lowest BCUT2D eigenvalue weighted by Crippen LogP contribution is -2.59. The number of nitrogens with one attached hydrogen (secondary N) is 2. The summed E-state index contributed by atoms with van der Waals surface area (Å²) in [6.07, 6.45) is 6.30. The molecule has 2 N–H and O–H groups in total. The molecule has 3 rings (SSSR count). The van der Waals surface area contributed by atoms with E-state index in [1.807, 2.05) is 20.8 Å². The summed E-state index contributed by atoms with van der Waals surface area (Å²) in [6, 6.07) is 5.07. The second-order valence-corrected chi connectivity index (χ2v) is 13.0. The molecule has 38 heavy (non-hydrogen) atoms. The molecule has 212 valence electrons. The van der Waals surface area contributed by atoms with Gasteiger partial charge in [-0.2, -0.15) is 0 Å². The first-order valence-corrected chi connectivity index (χ1v) is 14.0. The van der Waals surface area contributed by atoms with E-state index in [2.05, 4.69) is 10.6 Å². The van der Waals surface area contributed by atoms with E-state index in [4.69, 9.17) is 4.74 Å². The van der Waals surface area contributed by atoms with Gasteiger partial charge in [0.25, 0.3) is 0 Å². The summed E-state index contributed by atoms with van der Waals surface area (Å²) in [7, 11) is 0. The van der Waals surface area contributed by atoms with Gasteiger partial charge in [0.2, 0.25) is 11.8 Å². The van der Waals surface area contributed by atoms with Gasteiger partial charge in [-0.05, 0) is 90.8 Å². The van der Waals surface area contributed by atoms with Crippen LogP contribution in [0, 0.1) is 17.2 Å². The molecule has 1 unspecified atom stereocenters. The molecule has 1 aliphatic heterocycles. The first-order chi connectivity index (χ1) is 17.7. The Kier molecular flexibility index (Phi) is 9.48. The van der Waals surface area contributed by atoms with Gasteiger partial charge in [0.05, 0.1) is 5.41 Å². The third-order valence-electron chi connectivity index (χ3n) is 7.64. The van der Waals surface area contributed by atoms with Crippen LogP contribution in [0.5, 0.6) is 0 Å². The van der Waals surface area contributed by atoms with Crippen molar-refractivity contribution in [2.75, 3.05) is 13.1 Å². The lowest BCUT2D eigenvalue weighted by Gasteiger charge is -2.48. The Labute approximate surface area is 227 Å². The highest BCUT2D eigenvalue weighted by atomic mass is 19.1. The fourth-order valence-electron chi connectivity index (χ4n) is 5.79. The Morgan fingerprint density at radius 1 is 1.00 bits per heavy atom. The number of nitrogens with zero attached hydrogens (tertiary/aromatic N) is 1. The van der Waals surface area contributed by atoms with Crippen LogP contribution in [0.3, 0.4) is 0 Å². The van der Waals surface area contributed by atoms with Crippen LogP contribution in [-0.4, -0.2) is 53.1 Å². The minimum Gasteiger partial charge on any atom is -0.444 e.